The van der Waals surface area contributed by atoms with Crippen molar-refractivity contribution < 1.29 is 0 Å². The van der Waals surface area contributed by atoms with Crippen molar-refractivity contribution in [1.82, 2.24) is 15.5 Å². The van der Waals surface area contributed by atoms with Gasteiger partial charge in [0.25, 0.3) is 0 Å². The lowest BCUT2D eigenvalue weighted by Crippen LogP contribution is -2.33. The van der Waals surface area contributed by atoms with E-state index in [9.17, 15) is 0 Å². The van der Waals surface area contributed by atoms with Crippen LogP contribution in [0.2, 0.25) is 0 Å². The third-order valence-electron chi connectivity index (χ3n) is 2.60. The first-order valence-corrected chi connectivity index (χ1v) is 6.91. The van der Waals surface area contributed by atoms with E-state index in [-0.39, 0.29) is 0 Å². The van der Waals surface area contributed by atoms with E-state index < -0.39 is 0 Å². The summed E-state index contributed by atoms with van der Waals surface area (Å²) in [7, 11) is 0. The van der Waals surface area contributed by atoms with Gasteiger partial charge in [-0.25, -0.2) is 0 Å². The minimum Gasteiger partial charge on any atom is -0.353 e. The third kappa shape index (κ3) is 3.09. The summed E-state index contributed by atoms with van der Waals surface area (Å²) < 4.78 is 0. The standard InChI is InChI=1S/C11H18N4S/c1-2-12-9-10-3-4-11(14-13-10)15-5-7-16-8-6-15/h3-4,12H,2,5-9H2,1H3. The molecule has 5 heteroatoms. The summed E-state index contributed by atoms with van der Waals surface area (Å²) >= 11 is 2.01. The number of aromatic nitrogens is 2. The predicted molar refractivity (Wildman–Crippen MR) is 69.0 cm³/mol. The second-order valence-electron chi connectivity index (χ2n) is 3.76. The average Bonchev–Trinajstić information content (AvgIpc) is 2.38. The molecule has 88 valence electrons. The SMILES string of the molecule is CCNCc1ccc(N2CCSCC2)nn1. The van der Waals surface area contributed by atoms with Gasteiger partial charge in [-0.2, -0.15) is 16.9 Å². The van der Waals surface area contributed by atoms with Crippen LogP contribution in [0.3, 0.4) is 0 Å². The van der Waals surface area contributed by atoms with Gasteiger partial charge < -0.3 is 10.2 Å². The maximum atomic E-state index is 4.28. The number of nitrogens with zero attached hydrogens (tertiary/aromatic N) is 3. The molecule has 0 aliphatic carbocycles. The van der Waals surface area contributed by atoms with Crippen molar-refractivity contribution in [2.24, 2.45) is 0 Å². The van der Waals surface area contributed by atoms with Crippen molar-refractivity contribution >= 4 is 17.6 Å². The van der Waals surface area contributed by atoms with Gasteiger partial charge in [0.05, 0.1) is 5.69 Å². The Morgan fingerprint density at radius 2 is 2.12 bits per heavy atom. The van der Waals surface area contributed by atoms with Crippen molar-refractivity contribution in [3.8, 4) is 0 Å². The largest absolute Gasteiger partial charge is 0.353 e. The summed E-state index contributed by atoms with van der Waals surface area (Å²) in [5.74, 6) is 3.40. The van der Waals surface area contributed by atoms with Crippen molar-refractivity contribution in [3.05, 3.63) is 17.8 Å². The molecule has 1 N–H and O–H groups in total. The molecular weight excluding hydrogens is 220 g/mol. The molecule has 1 saturated heterocycles. The fourth-order valence-electron chi connectivity index (χ4n) is 1.66. The van der Waals surface area contributed by atoms with E-state index in [1.165, 1.54) is 11.5 Å². The minimum atomic E-state index is 0.805. The number of nitrogens with one attached hydrogen (secondary N) is 1. The zero-order valence-electron chi connectivity index (χ0n) is 9.65. The number of rotatable bonds is 4. The second kappa shape index (κ2) is 6.06. The van der Waals surface area contributed by atoms with Gasteiger partial charge in [-0.1, -0.05) is 6.92 Å². The Bertz CT molecular complexity index is 308. The second-order valence-corrected chi connectivity index (χ2v) is 4.99. The van der Waals surface area contributed by atoms with Gasteiger partial charge in [-0.15, -0.1) is 5.10 Å². The van der Waals surface area contributed by atoms with Gasteiger partial charge in [0.2, 0.25) is 0 Å². The van der Waals surface area contributed by atoms with E-state index in [4.69, 9.17) is 0 Å². The third-order valence-corrected chi connectivity index (χ3v) is 3.54. The van der Waals surface area contributed by atoms with Gasteiger partial charge in [0.1, 0.15) is 0 Å². The first-order valence-electron chi connectivity index (χ1n) is 5.76. The van der Waals surface area contributed by atoms with Gasteiger partial charge in [0.15, 0.2) is 5.82 Å². The molecule has 0 amide bonds. The number of hydrogen-bond acceptors (Lipinski definition) is 5. The lowest BCUT2D eigenvalue weighted by molar-refractivity contribution is 0.695. The smallest absolute Gasteiger partial charge is 0.151 e. The Morgan fingerprint density at radius 3 is 2.75 bits per heavy atom. The molecule has 0 saturated carbocycles. The Morgan fingerprint density at radius 1 is 1.31 bits per heavy atom. The molecule has 0 spiro atoms. The molecule has 2 heterocycles. The normalized spacial score (nSPS) is 16.4. The molecule has 16 heavy (non-hydrogen) atoms. The zero-order valence-corrected chi connectivity index (χ0v) is 10.5. The molecule has 4 nitrogen and oxygen atoms in total. The summed E-state index contributed by atoms with van der Waals surface area (Å²) in [6.45, 7) is 6.04. The fraction of sp³-hybridized carbons (Fsp3) is 0.636. The Labute approximate surface area is 101 Å². The molecule has 1 aliphatic rings. The molecule has 0 atom stereocenters. The molecular formula is C11H18N4S. The highest BCUT2D eigenvalue weighted by Crippen LogP contribution is 2.16. The zero-order chi connectivity index (χ0) is 11.2. The van der Waals surface area contributed by atoms with E-state index in [0.717, 1.165) is 37.7 Å². The van der Waals surface area contributed by atoms with Crippen LogP contribution < -0.4 is 10.2 Å². The molecule has 1 aromatic rings. The molecule has 1 aliphatic heterocycles. The van der Waals surface area contributed by atoms with Crippen LogP contribution in [0.1, 0.15) is 12.6 Å². The summed E-state index contributed by atoms with van der Waals surface area (Å²) in [6, 6.07) is 4.14. The molecule has 0 unspecified atom stereocenters. The van der Waals surface area contributed by atoms with Crippen molar-refractivity contribution in [3.63, 3.8) is 0 Å². The summed E-state index contributed by atoms with van der Waals surface area (Å²) in [4.78, 5) is 2.31. The van der Waals surface area contributed by atoms with Crippen LogP contribution in [0.4, 0.5) is 5.82 Å². The van der Waals surface area contributed by atoms with Crippen molar-refractivity contribution in [2.45, 2.75) is 13.5 Å². The minimum absolute atomic E-state index is 0.805. The van der Waals surface area contributed by atoms with E-state index >= 15 is 0 Å². The maximum absolute atomic E-state index is 4.28. The number of hydrogen-bond donors (Lipinski definition) is 1. The highest BCUT2D eigenvalue weighted by molar-refractivity contribution is 7.99. The van der Waals surface area contributed by atoms with Crippen LogP contribution in [-0.4, -0.2) is 41.3 Å². The van der Waals surface area contributed by atoms with Crippen LogP contribution in [0.5, 0.6) is 0 Å². The van der Waals surface area contributed by atoms with E-state index in [1.807, 2.05) is 11.8 Å². The first kappa shape index (κ1) is 11.7. The first-order chi connectivity index (χ1) is 7.90. The van der Waals surface area contributed by atoms with E-state index in [0.29, 0.717) is 0 Å². The molecule has 1 aromatic heterocycles. The Balaban J connectivity index is 1.95. The monoisotopic (exact) mass is 238 g/mol. The lowest BCUT2D eigenvalue weighted by Gasteiger charge is -2.26. The Hall–Kier alpha value is -0.810. The fourth-order valence-corrected chi connectivity index (χ4v) is 2.56. The molecule has 1 fully saturated rings. The van der Waals surface area contributed by atoms with Gasteiger partial charge in [-0.3, -0.25) is 0 Å². The van der Waals surface area contributed by atoms with Gasteiger partial charge in [0, 0.05) is 31.1 Å². The summed E-state index contributed by atoms with van der Waals surface area (Å²) in [6.07, 6.45) is 0. The van der Waals surface area contributed by atoms with Gasteiger partial charge in [-0.05, 0) is 18.7 Å². The molecule has 0 bridgehead atoms. The van der Waals surface area contributed by atoms with Crippen LogP contribution in [0.25, 0.3) is 0 Å². The predicted octanol–water partition coefficient (Wildman–Crippen LogP) is 1.14. The van der Waals surface area contributed by atoms with Gasteiger partial charge >= 0.3 is 0 Å². The number of thioether (sulfide) groups is 1. The van der Waals surface area contributed by atoms with E-state index in [1.54, 1.807) is 0 Å². The van der Waals surface area contributed by atoms with E-state index in [2.05, 4.69) is 39.5 Å². The van der Waals surface area contributed by atoms with Crippen LogP contribution in [0, 0.1) is 0 Å². The molecule has 0 aromatic carbocycles. The summed E-state index contributed by atoms with van der Waals surface area (Å²) in [5, 5.41) is 11.8. The summed E-state index contributed by atoms with van der Waals surface area (Å²) in [5.41, 5.74) is 1.01. The van der Waals surface area contributed by atoms with Crippen molar-refractivity contribution in [2.75, 3.05) is 36.0 Å². The van der Waals surface area contributed by atoms with Crippen LogP contribution in [0.15, 0.2) is 12.1 Å². The maximum Gasteiger partial charge on any atom is 0.151 e. The Kier molecular flexibility index (Phi) is 4.42. The van der Waals surface area contributed by atoms with Crippen molar-refractivity contribution in [1.29, 1.82) is 0 Å². The molecule has 2 rings (SSSR count). The highest BCUT2D eigenvalue weighted by Gasteiger charge is 2.12. The molecule has 0 radical (unpaired) electrons. The number of anilines is 1. The highest BCUT2D eigenvalue weighted by atomic mass is 32.2. The van der Waals surface area contributed by atoms with Crippen LogP contribution >= 0.6 is 11.8 Å². The topological polar surface area (TPSA) is 41.0 Å². The average molecular weight is 238 g/mol. The lowest BCUT2D eigenvalue weighted by atomic mass is 10.3. The van der Waals surface area contributed by atoms with Crippen LogP contribution in [-0.2, 0) is 6.54 Å². The quantitative estimate of drug-likeness (QED) is 0.852.